The largest absolute Gasteiger partial charge is 0.493 e. The van der Waals surface area contributed by atoms with Crippen molar-refractivity contribution in [2.75, 3.05) is 40.9 Å². The van der Waals surface area contributed by atoms with E-state index in [1.807, 2.05) is 25.1 Å². The van der Waals surface area contributed by atoms with Crippen molar-refractivity contribution in [2.45, 2.75) is 32.7 Å². The van der Waals surface area contributed by atoms with Gasteiger partial charge in [-0.15, -0.1) is 0 Å². The lowest BCUT2D eigenvalue weighted by Crippen LogP contribution is -2.45. The van der Waals surface area contributed by atoms with Gasteiger partial charge in [0.2, 0.25) is 5.91 Å². The Labute approximate surface area is 162 Å². The lowest BCUT2D eigenvalue weighted by Gasteiger charge is -2.34. The number of carbonyl (C=O) groups is 1. The van der Waals surface area contributed by atoms with E-state index in [9.17, 15) is 4.79 Å². The van der Waals surface area contributed by atoms with E-state index in [4.69, 9.17) is 9.47 Å². The van der Waals surface area contributed by atoms with E-state index in [1.165, 1.54) is 0 Å². The van der Waals surface area contributed by atoms with Crippen molar-refractivity contribution in [2.24, 2.45) is 10.9 Å². The monoisotopic (exact) mass is 376 g/mol. The van der Waals surface area contributed by atoms with Gasteiger partial charge in [0.25, 0.3) is 0 Å². The smallest absolute Gasteiger partial charge is 0.220 e. The van der Waals surface area contributed by atoms with Crippen molar-refractivity contribution >= 4 is 11.9 Å². The summed E-state index contributed by atoms with van der Waals surface area (Å²) in [6, 6.07) is 5.95. The zero-order valence-corrected chi connectivity index (χ0v) is 16.9. The molecule has 2 N–H and O–H groups in total. The van der Waals surface area contributed by atoms with Gasteiger partial charge in [0.1, 0.15) is 0 Å². The third-order valence-electron chi connectivity index (χ3n) is 4.86. The lowest BCUT2D eigenvalue weighted by molar-refractivity contribution is -0.121. The first-order chi connectivity index (χ1) is 13.1. The lowest BCUT2D eigenvalue weighted by atomic mass is 9.93. The molecule has 1 aromatic rings. The number of nitrogens with zero attached hydrogens (tertiary/aromatic N) is 2. The van der Waals surface area contributed by atoms with E-state index in [2.05, 4.69) is 20.5 Å². The summed E-state index contributed by atoms with van der Waals surface area (Å²) in [4.78, 5) is 18.2. The summed E-state index contributed by atoms with van der Waals surface area (Å²) in [6.45, 7) is 5.04. The number of guanidine groups is 1. The summed E-state index contributed by atoms with van der Waals surface area (Å²) >= 11 is 0. The highest BCUT2D eigenvalue weighted by atomic mass is 16.5. The number of amides is 1. The molecule has 2 rings (SSSR count). The minimum atomic E-state index is 0.125. The van der Waals surface area contributed by atoms with Crippen molar-refractivity contribution in [1.82, 2.24) is 15.5 Å². The van der Waals surface area contributed by atoms with Gasteiger partial charge in [-0.3, -0.25) is 9.79 Å². The standard InChI is InChI=1S/C20H32N4O3/c1-5-27-17-7-6-16(12-18(17)26-4)14-23-20(22-3)24-10-8-15(9-11-24)13-19(25)21-2/h6-7,12,15H,5,8-11,13-14H2,1-4H3,(H,21,25)(H,22,23). The maximum absolute atomic E-state index is 11.5. The molecule has 0 aromatic heterocycles. The van der Waals surface area contributed by atoms with E-state index in [1.54, 1.807) is 21.2 Å². The van der Waals surface area contributed by atoms with Crippen LogP contribution in [0.3, 0.4) is 0 Å². The van der Waals surface area contributed by atoms with Gasteiger partial charge in [-0.2, -0.15) is 0 Å². The van der Waals surface area contributed by atoms with Gasteiger partial charge in [0.15, 0.2) is 17.5 Å². The van der Waals surface area contributed by atoms with Crippen LogP contribution in [-0.4, -0.2) is 57.7 Å². The molecule has 1 aromatic carbocycles. The molecule has 1 aliphatic rings. The molecular formula is C20H32N4O3. The number of carbonyl (C=O) groups excluding carboxylic acids is 1. The van der Waals surface area contributed by atoms with E-state index >= 15 is 0 Å². The minimum absolute atomic E-state index is 0.125. The van der Waals surface area contributed by atoms with Crippen LogP contribution in [0.15, 0.2) is 23.2 Å². The highest BCUT2D eigenvalue weighted by Crippen LogP contribution is 2.28. The fourth-order valence-electron chi connectivity index (χ4n) is 3.32. The maximum atomic E-state index is 11.5. The summed E-state index contributed by atoms with van der Waals surface area (Å²) in [5.41, 5.74) is 1.10. The number of piperidine rings is 1. The molecule has 0 bridgehead atoms. The molecule has 1 heterocycles. The molecule has 0 unspecified atom stereocenters. The Balaban J connectivity index is 1.88. The Morgan fingerprint density at radius 2 is 2.04 bits per heavy atom. The van der Waals surface area contributed by atoms with Gasteiger partial charge >= 0.3 is 0 Å². The molecular weight excluding hydrogens is 344 g/mol. The summed E-state index contributed by atoms with van der Waals surface area (Å²) in [5, 5.41) is 6.13. The third kappa shape index (κ3) is 6.05. The molecule has 0 aliphatic carbocycles. The van der Waals surface area contributed by atoms with Crippen molar-refractivity contribution in [3.8, 4) is 11.5 Å². The van der Waals surface area contributed by atoms with Crippen LogP contribution in [0.4, 0.5) is 0 Å². The molecule has 7 nitrogen and oxygen atoms in total. The number of methoxy groups -OCH3 is 1. The molecule has 150 valence electrons. The molecule has 0 atom stereocenters. The van der Waals surface area contributed by atoms with Crippen molar-refractivity contribution in [3.63, 3.8) is 0 Å². The summed E-state index contributed by atoms with van der Waals surface area (Å²) in [6.07, 6.45) is 2.62. The van der Waals surface area contributed by atoms with Gasteiger partial charge in [-0.25, -0.2) is 0 Å². The van der Waals surface area contributed by atoms with Crippen LogP contribution in [0.2, 0.25) is 0 Å². The highest BCUT2D eigenvalue weighted by molar-refractivity contribution is 5.80. The topological polar surface area (TPSA) is 75.2 Å². The van der Waals surface area contributed by atoms with Crippen LogP contribution in [0.1, 0.15) is 31.7 Å². The van der Waals surface area contributed by atoms with E-state index in [0.717, 1.165) is 49.0 Å². The fourth-order valence-corrected chi connectivity index (χ4v) is 3.32. The van der Waals surface area contributed by atoms with Gasteiger partial charge in [0, 0.05) is 40.2 Å². The van der Waals surface area contributed by atoms with Crippen molar-refractivity contribution in [1.29, 1.82) is 0 Å². The molecule has 27 heavy (non-hydrogen) atoms. The molecule has 0 radical (unpaired) electrons. The second-order valence-electron chi connectivity index (χ2n) is 6.63. The van der Waals surface area contributed by atoms with Crippen LogP contribution in [0.5, 0.6) is 11.5 Å². The van der Waals surface area contributed by atoms with Crippen molar-refractivity contribution in [3.05, 3.63) is 23.8 Å². The Kier molecular flexibility index (Phi) is 8.23. The summed E-state index contributed by atoms with van der Waals surface area (Å²) in [7, 11) is 5.15. The van der Waals surface area contributed by atoms with Gasteiger partial charge in [-0.1, -0.05) is 6.07 Å². The second-order valence-corrected chi connectivity index (χ2v) is 6.63. The quantitative estimate of drug-likeness (QED) is 0.562. The van der Waals surface area contributed by atoms with Crippen LogP contribution in [0, 0.1) is 5.92 Å². The number of benzene rings is 1. The molecule has 1 fully saturated rings. The average Bonchev–Trinajstić information content (AvgIpc) is 2.70. The number of hydrogen-bond donors (Lipinski definition) is 2. The molecule has 1 saturated heterocycles. The van der Waals surface area contributed by atoms with Crippen LogP contribution in [0.25, 0.3) is 0 Å². The zero-order valence-electron chi connectivity index (χ0n) is 16.9. The van der Waals surface area contributed by atoms with Gasteiger partial charge in [0.05, 0.1) is 13.7 Å². The Bertz CT molecular complexity index is 640. The number of rotatable bonds is 7. The summed E-state index contributed by atoms with van der Waals surface area (Å²) in [5.74, 6) is 2.96. The number of aliphatic imine (C=N–C) groups is 1. The first-order valence-electron chi connectivity index (χ1n) is 9.57. The molecule has 7 heteroatoms. The minimum Gasteiger partial charge on any atom is -0.493 e. The molecule has 1 aliphatic heterocycles. The molecule has 0 saturated carbocycles. The van der Waals surface area contributed by atoms with Gasteiger partial charge in [-0.05, 0) is 43.4 Å². The normalized spacial score (nSPS) is 15.4. The maximum Gasteiger partial charge on any atom is 0.220 e. The van der Waals surface area contributed by atoms with Crippen LogP contribution < -0.4 is 20.1 Å². The third-order valence-corrected chi connectivity index (χ3v) is 4.86. The second kappa shape index (κ2) is 10.6. The van der Waals surface area contributed by atoms with Crippen LogP contribution >= 0.6 is 0 Å². The zero-order chi connectivity index (χ0) is 19.6. The Hall–Kier alpha value is -2.44. The summed E-state index contributed by atoms with van der Waals surface area (Å²) < 4.78 is 11.0. The number of likely N-dealkylation sites (tertiary alicyclic amines) is 1. The Morgan fingerprint density at radius 1 is 1.30 bits per heavy atom. The number of ether oxygens (including phenoxy) is 2. The predicted molar refractivity (Wildman–Crippen MR) is 107 cm³/mol. The van der Waals surface area contributed by atoms with E-state index in [-0.39, 0.29) is 5.91 Å². The van der Waals surface area contributed by atoms with Crippen LogP contribution in [-0.2, 0) is 11.3 Å². The first-order valence-corrected chi connectivity index (χ1v) is 9.57. The fraction of sp³-hybridized carbons (Fsp3) is 0.600. The SMILES string of the molecule is CCOc1ccc(CNC(=NC)N2CCC(CC(=O)NC)CC2)cc1OC. The first kappa shape index (κ1) is 20.9. The van der Waals surface area contributed by atoms with Crippen molar-refractivity contribution < 1.29 is 14.3 Å². The molecule has 1 amide bonds. The van der Waals surface area contributed by atoms with E-state index < -0.39 is 0 Å². The predicted octanol–water partition coefficient (Wildman–Crippen LogP) is 2.02. The molecule has 0 spiro atoms. The highest BCUT2D eigenvalue weighted by Gasteiger charge is 2.23. The van der Waals surface area contributed by atoms with E-state index in [0.29, 0.717) is 25.5 Å². The number of hydrogen-bond acceptors (Lipinski definition) is 4. The number of nitrogens with one attached hydrogen (secondary N) is 2. The van der Waals surface area contributed by atoms with Gasteiger partial charge < -0.3 is 25.0 Å². The Morgan fingerprint density at radius 3 is 2.63 bits per heavy atom. The average molecular weight is 377 g/mol.